The molecule has 1 saturated heterocycles. The molecule has 3 rings (SSSR count). The third kappa shape index (κ3) is 2.97. The van der Waals surface area contributed by atoms with Gasteiger partial charge in [-0.2, -0.15) is 5.10 Å². The molecule has 1 aliphatic heterocycles. The van der Waals surface area contributed by atoms with Gasteiger partial charge in [0.05, 0.1) is 5.69 Å². The molecule has 1 aromatic heterocycles. The molecule has 104 valence electrons. The van der Waals surface area contributed by atoms with Gasteiger partial charge in [0.25, 0.3) is 0 Å². The lowest BCUT2D eigenvalue weighted by atomic mass is 10.0. The fraction of sp³-hybridized carbons (Fsp3) is 0.714. The summed E-state index contributed by atoms with van der Waals surface area (Å²) in [5, 5.41) is 10.6. The number of H-pyrrole nitrogens is 1. The van der Waals surface area contributed by atoms with E-state index in [4.69, 9.17) is 0 Å². The first kappa shape index (κ1) is 12.7. The molecule has 0 spiro atoms. The average Bonchev–Trinajstić information content (AvgIpc) is 3.13. The van der Waals surface area contributed by atoms with Gasteiger partial charge in [-0.05, 0) is 38.7 Å². The van der Waals surface area contributed by atoms with E-state index >= 15 is 0 Å². The predicted molar refractivity (Wildman–Crippen MR) is 72.5 cm³/mol. The van der Waals surface area contributed by atoms with Gasteiger partial charge in [-0.3, -0.25) is 9.89 Å². The Morgan fingerprint density at radius 2 is 2.16 bits per heavy atom. The van der Waals surface area contributed by atoms with Gasteiger partial charge in [-0.25, -0.2) is 0 Å². The van der Waals surface area contributed by atoms with Crippen LogP contribution in [0, 0.1) is 5.92 Å². The van der Waals surface area contributed by atoms with Crippen molar-refractivity contribution in [2.24, 2.45) is 5.92 Å². The number of aromatic amines is 1. The summed E-state index contributed by atoms with van der Waals surface area (Å²) in [4.78, 5) is 14.0. The smallest absolute Gasteiger partial charge is 0.225 e. The largest absolute Gasteiger partial charge is 0.342 e. The quantitative estimate of drug-likeness (QED) is 0.863. The summed E-state index contributed by atoms with van der Waals surface area (Å²) in [6.07, 6.45) is 6.10. The molecular formula is C14H22N4O. The topological polar surface area (TPSA) is 61.0 Å². The molecular weight excluding hydrogens is 240 g/mol. The van der Waals surface area contributed by atoms with Crippen LogP contribution >= 0.6 is 0 Å². The second kappa shape index (κ2) is 5.33. The van der Waals surface area contributed by atoms with E-state index in [1.165, 1.54) is 0 Å². The standard InChI is InChI=1S/C14H22N4O/c1-10(13-4-7-15-17-13)16-12-5-8-18(9-6-12)14(19)11-2-3-11/h4,7,10-12,16H,2-3,5-6,8-9H2,1H3,(H,15,17). The number of rotatable bonds is 4. The molecule has 1 saturated carbocycles. The van der Waals surface area contributed by atoms with Crippen LogP contribution in [0.4, 0.5) is 0 Å². The zero-order chi connectivity index (χ0) is 13.2. The van der Waals surface area contributed by atoms with Crippen LogP contribution in [-0.4, -0.2) is 40.1 Å². The molecule has 1 atom stereocenters. The number of carbonyl (C=O) groups is 1. The number of hydrogen-bond acceptors (Lipinski definition) is 3. The van der Waals surface area contributed by atoms with E-state index in [-0.39, 0.29) is 6.04 Å². The van der Waals surface area contributed by atoms with Crippen LogP contribution in [0.1, 0.15) is 44.3 Å². The summed E-state index contributed by atoms with van der Waals surface area (Å²) in [5.74, 6) is 0.744. The van der Waals surface area contributed by atoms with Gasteiger partial charge < -0.3 is 10.2 Å². The highest BCUT2D eigenvalue weighted by atomic mass is 16.2. The van der Waals surface area contributed by atoms with Crippen LogP contribution in [0.3, 0.4) is 0 Å². The third-order valence-electron chi connectivity index (χ3n) is 4.21. The normalized spacial score (nSPS) is 22.5. The Hall–Kier alpha value is -1.36. The Morgan fingerprint density at radius 1 is 1.42 bits per heavy atom. The second-order valence-electron chi connectivity index (χ2n) is 5.77. The van der Waals surface area contributed by atoms with E-state index in [2.05, 4.69) is 27.3 Å². The van der Waals surface area contributed by atoms with Crippen LogP contribution in [-0.2, 0) is 4.79 Å². The Bertz CT molecular complexity index is 419. The molecule has 0 radical (unpaired) electrons. The van der Waals surface area contributed by atoms with Gasteiger partial charge in [0.1, 0.15) is 0 Å². The van der Waals surface area contributed by atoms with Crippen molar-refractivity contribution >= 4 is 5.91 Å². The van der Waals surface area contributed by atoms with Gasteiger partial charge in [-0.15, -0.1) is 0 Å². The number of carbonyl (C=O) groups excluding carboxylic acids is 1. The number of nitrogens with one attached hydrogen (secondary N) is 2. The summed E-state index contributed by atoms with van der Waals surface area (Å²) >= 11 is 0. The summed E-state index contributed by atoms with van der Waals surface area (Å²) < 4.78 is 0. The molecule has 2 heterocycles. The van der Waals surface area contributed by atoms with Crippen molar-refractivity contribution in [3.05, 3.63) is 18.0 Å². The number of hydrogen-bond donors (Lipinski definition) is 2. The summed E-state index contributed by atoms with van der Waals surface area (Å²) in [7, 11) is 0. The highest BCUT2D eigenvalue weighted by molar-refractivity contribution is 5.81. The van der Waals surface area contributed by atoms with Crippen molar-refractivity contribution in [1.82, 2.24) is 20.4 Å². The van der Waals surface area contributed by atoms with Gasteiger partial charge in [0, 0.05) is 37.3 Å². The lowest BCUT2D eigenvalue weighted by Gasteiger charge is -2.34. The summed E-state index contributed by atoms with van der Waals surface area (Å²) in [6, 6.07) is 2.79. The molecule has 1 amide bonds. The van der Waals surface area contributed by atoms with Crippen LogP contribution < -0.4 is 5.32 Å². The average molecular weight is 262 g/mol. The minimum atomic E-state index is 0.290. The van der Waals surface area contributed by atoms with E-state index in [1.807, 2.05) is 6.07 Å². The SMILES string of the molecule is CC(NC1CCN(C(=O)C2CC2)CC1)c1ccn[nH]1. The van der Waals surface area contributed by atoms with E-state index in [0.29, 0.717) is 17.9 Å². The Balaban J connectivity index is 1.46. The van der Waals surface area contributed by atoms with Crippen molar-refractivity contribution in [1.29, 1.82) is 0 Å². The zero-order valence-electron chi connectivity index (χ0n) is 11.4. The Morgan fingerprint density at radius 3 is 2.74 bits per heavy atom. The monoisotopic (exact) mass is 262 g/mol. The van der Waals surface area contributed by atoms with Crippen molar-refractivity contribution in [3.63, 3.8) is 0 Å². The molecule has 2 aliphatic rings. The molecule has 0 aromatic carbocycles. The summed E-state index contributed by atoms with van der Waals surface area (Å²) in [5.41, 5.74) is 1.12. The Kier molecular flexibility index (Phi) is 3.55. The van der Waals surface area contributed by atoms with Gasteiger partial charge in [-0.1, -0.05) is 0 Å². The van der Waals surface area contributed by atoms with Crippen molar-refractivity contribution in [2.45, 2.75) is 44.7 Å². The molecule has 1 aliphatic carbocycles. The minimum Gasteiger partial charge on any atom is -0.342 e. The third-order valence-corrected chi connectivity index (χ3v) is 4.21. The molecule has 0 bridgehead atoms. The van der Waals surface area contributed by atoms with Crippen LogP contribution in [0.5, 0.6) is 0 Å². The number of aromatic nitrogens is 2. The van der Waals surface area contributed by atoms with Crippen molar-refractivity contribution in [2.75, 3.05) is 13.1 Å². The second-order valence-corrected chi connectivity index (χ2v) is 5.77. The lowest BCUT2D eigenvalue weighted by Crippen LogP contribution is -2.46. The molecule has 1 aromatic rings. The maximum absolute atomic E-state index is 12.0. The van der Waals surface area contributed by atoms with Gasteiger partial charge >= 0.3 is 0 Å². The molecule has 2 N–H and O–H groups in total. The summed E-state index contributed by atoms with van der Waals surface area (Å²) in [6.45, 7) is 3.96. The van der Waals surface area contributed by atoms with Crippen molar-refractivity contribution < 1.29 is 4.79 Å². The number of amides is 1. The molecule has 1 unspecified atom stereocenters. The first-order valence-corrected chi connectivity index (χ1v) is 7.28. The number of nitrogens with zero attached hydrogens (tertiary/aromatic N) is 2. The lowest BCUT2D eigenvalue weighted by molar-refractivity contribution is -0.133. The van der Waals surface area contributed by atoms with Gasteiger partial charge in [0.15, 0.2) is 0 Å². The van der Waals surface area contributed by atoms with Crippen molar-refractivity contribution in [3.8, 4) is 0 Å². The zero-order valence-corrected chi connectivity index (χ0v) is 11.4. The molecule has 5 nitrogen and oxygen atoms in total. The van der Waals surface area contributed by atoms with E-state index < -0.39 is 0 Å². The molecule has 19 heavy (non-hydrogen) atoms. The predicted octanol–water partition coefficient (Wildman–Crippen LogP) is 1.46. The van der Waals surface area contributed by atoms with Crippen LogP contribution in [0.25, 0.3) is 0 Å². The van der Waals surface area contributed by atoms with Crippen LogP contribution in [0.2, 0.25) is 0 Å². The fourth-order valence-corrected chi connectivity index (χ4v) is 2.81. The van der Waals surface area contributed by atoms with Crippen LogP contribution in [0.15, 0.2) is 12.3 Å². The first-order chi connectivity index (χ1) is 9.24. The van der Waals surface area contributed by atoms with E-state index in [9.17, 15) is 4.79 Å². The molecule has 5 heteroatoms. The van der Waals surface area contributed by atoms with E-state index in [1.54, 1.807) is 6.20 Å². The first-order valence-electron chi connectivity index (χ1n) is 7.28. The number of likely N-dealkylation sites (tertiary alicyclic amines) is 1. The maximum Gasteiger partial charge on any atom is 0.225 e. The highest BCUT2D eigenvalue weighted by Gasteiger charge is 2.34. The highest BCUT2D eigenvalue weighted by Crippen LogP contribution is 2.32. The number of piperidine rings is 1. The maximum atomic E-state index is 12.0. The fourth-order valence-electron chi connectivity index (χ4n) is 2.81. The van der Waals surface area contributed by atoms with Gasteiger partial charge in [0.2, 0.25) is 5.91 Å². The minimum absolute atomic E-state index is 0.290. The van der Waals surface area contributed by atoms with E-state index in [0.717, 1.165) is 44.5 Å². The Labute approximate surface area is 113 Å². The molecule has 2 fully saturated rings.